The highest BCUT2D eigenvalue weighted by molar-refractivity contribution is 6.15. The minimum atomic E-state index is -0.347. The first kappa shape index (κ1) is 19.2. The van der Waals surface area contributed by atoms with Crippen LogP contribution in [-0.2, 0) is 16.0 Å². The molecule has 3 rings (SSSR count). The van der Waals surface area contributed by atoms with Crippen molar-refractivity contribution < 1.29 is 9.59 Å². The molecule has 0 aliphatic carbocycles. The van der Waals surface area contributed by atoms with E-state index in [-0.39, 0.29) is 11.5 Å². The Bertz CT molecular complexity index is 1140. The van der Waals surface area contributed by atoms with Gasteiger partial charge in [0.15, 0.2) is 0 Å². The molecule has 0 saturated heterocycles. The third kappa shape index (κ3) is 3.76. The summed E-state index contributed by atoms with van der Waals surface area (Å²) in [4.78, 5) is 37.2. The molecule has 1 heterocycles. The van der Waals surface area contributed by atoms with E-state index in [4.69, 9.17) is 0 Å². The van der Waals surface area contributed by atoms with E-state index in [2.05, 4.69) is 10.2 Å². The molecule has 0 radical (unpaired) electrons. The Morgan fingerprint density at radius 3 is 2.46 bits per heavy atom. The first-order valence-electron chi connectivity index (χ1n) is 8.90. The number of benzene rings is 2. The van der Waals surface area contributed by atoms with Gasteiger partial charge in [-0.05, 0) is 44.5 Å². The van der Waals surface area contributed by atoms with Crippen LogP contribution in [-0.4, -0.2) is 22.5 Å². The number of carbonyl (C=O) groups is 2. The van der Waals surface area contributed by atoms with Crippen molar-refractivity contribution in [3.63, 3.8) is 0 Å². The summed E-state index contributed by atoms with van der Waals surface area (Å²) >= 11 is 0. The van der Waals surface area contributed by atoms with Gasteiger partial charge in [-0.1, -0.05) is 35.9 Å². The number of imide groups is 1. The molecule has 0 fully saturated rings. The Balaban J connectivity index is 1.98. The third-order valence-corrected chi connectivity index (χ3v) is 4.73. The maximum atomic E-state index is 12.6. The van der Waals surface area contributed by atoms with Crippen LogP contribution >= 0.6 is 0 Å². The van der Waals surface area contributed by atoms with Crippen molar-refractivity contribution >= 4 is 28.8 Å². The summed E-state index contributed by atoms with van der Waals surface area (Å²) in [6, 6.07) is 14.5. The van der Waals surface area contributed by atoms with E-state index in [0.717, 1.165) is 27.1 Å². The lowest BCUT2D eigenvalue weighted by molar-refractivity contribution is -0.119. The Morgan fingerprint density at radius 1 is 1.07 bits per heavy atom. The number of rotatable bonds is 5. The van der Waals surface area contributed by atoms with Gasteiger partial charge in [-0.2, -0.15) is 5.10 Å². The summed E-state index contributed by atoms with van der Waals surface area (Å²) in [6.45, 7) is 5.37. The monoisotopic (exact) mass is 375 g/mol. The lowest BCUT2D eigenvalue weighted by Gasteiger charge is -2.17. The number of hydrogen-bond acceptors (Lipinski definition) is 4. The summed E-state index contributed by atoms with van der Waals surface area (Å²) in [5.74, 6) is -0.347. The lowest BCUT2D eigenvalue weighted by atomic mass is 10.0. The van der Waals surface area contributed by atoms with Gasteiger partial charge in [-0.15, -0.1) is 0 Å². The van der Waals surface area contributed by atoms with Gasteiger partial charge in [-0.3, -0.25) is 14.4 Å². The molecule has 28 heavy (non-hydrogen) atoms. The molecule has 0 atom stereocenters. The van der Waals surface area contributed by atoms with Crippen LogP contribution in [0, 0.1) is 0 Å². The number of H-pyrrole nitrogens is 1. The van der Waals surface area contributed by atoms with Crippen LogP contribution < -0.4 is 10.5 Å². The highest BCUT2D eigenvalue weighted by Crippen LogP contribution is 2.21. The molecule has 2 aromatic carbocycles. The van der Waals surface area contributed by atoms with Crippen LogP contribution in [0.25, 0.3) is 10.8 Å². The minimum Gasteiger partial charge on any atom is -0.278 e. The molecule has 0 aliphatic rings. The quantitative estimate of drug-likeness (QED) is 0.547. The van der Waals surface area contributed by atoms with Gasteiger partial charge in [0, 0.05) is 17.4 Å². The number of aromatic nitrogens is 2. The van der Waals surface area contributed by atoms with Crippen LogP contribution in [0.5, 0.6) is 0 Å². The summed E-state index contributed by atoms with van der Waals surface area (Å²) in [5.41, 5.74) is 3.24. The first-order valence-corrected chi connectivity index (χ1v) is 8.90. The van der Waals surface area contributed by atoms with Crippen molar-refractivity contribution in [1.82, 2.24) is 10.2 Å². The number of carbonyl (C=O) groups excluding carboxylic acids is 2. The highest BCUT2D eigenvalue weighted by atomic mass is 16.2. The molecule has 0 saturated carbocycles. The van der Waals surface area contributed by atoms with E-state index < -0.39 is 0 Å². The van der Waals surface area contributed by atoms with Gasteiger partial charge in [0.05, 0.1) is 16.8 Å². The maximum absolute atomic E-state index is 12.6. The molecule has 142 valence electrons. The van der Waals surface area contributed by atoms with Gasteiger partial charge in [0.2, 0.25) is 6.41 Å². The number of fused-ring (bicyclic) bond motifs is 1. The summed E-state index contributed by atoms with van der Waals surface area (Å²) < 4.78 is 0. The predicted molar refractivity (Wildman–Crippen MR) is 109 cm³/mol. The normalized spacial score (nSPS) is 10.5. The molecule has 6 nitrogen and oxygen atoms in total. The topological polar surface area (TPSA) is 83.1 Å². The lowest BCUT2D eigenvalue weighted by Crippen LogP contribution is -2.30. The average molecular weight is 375 g/mol. The van der Waals surface area contributed by atoms with Crippen LogP contribution in [0.3, 0.4) is 0 Å². The number of nitrogens with one attached hydrogen (secondary N) is 1. The minimum absolute atomic E-state index is 0.233. The molecule has 1 aromatic heterocycles. The fourth-order valence-electron chi connectivity index (χ4n) is 2.94. The van der Waals surface area contributed by atoms with Crippen molar-refractivity contribution in [2.24, 2.45) is 0 Å². The smallest absolute Gasteiger partial charge is 0.272 e. The molecule has 0 aliphatic heterocycles. The molecular weight excluding hydrogens is 354 g/mol. The number of allylic oxidation sites excluding steroid dienone is 1. The number of hydrogen-bond donors (Lipinski definition) is 1. The van der Waals surface area contributed by atoms with Crippen LogP contribution in [0.1, 0.15) is 32.0 Å². The largest absolute Gasteiger partial charge is 0.278 e. The summed E-state index contributed by atoms with van der Waals surface area (Å²) in [7, 11) is 0. The van der Waals surface area contributed by atoms with E-state index in [9.17, 15) is 14.4 Å². The van der Waals surface area contributed by atoms with Crippen molar-refractivity contribution in [2.45, 2.75) is 27.2 Å². The number of nitrogens with zero attached hydrogens (tertiary/aromatic N) is 2. The van der Waals surface area contributed by atoms with Crippen molar-refractivity contribution in [3.05, 3.63) is 81.3 Å². The standard InChI is InChI=1S/C22H21N3O3/c1-14(2)15(3)22(28)25(13-26)17-8-6-7-16(11-17)12-20-18-9-4-5-10-19(18)21(27)24-23-20/h4-11,13H,12H2,1-3H3,(H,24,27). The van der Waals surface area contributed by atoms with Crippen LogP contribution in [0.2, 0.25) is 0 Å². The first-order chi connectivity index (χ1) is 13.4. The Kier molecular flexibility index (Phi) is 5.49. The molecule has 3 aromatic rings. The molecule has 6 heteroatoms. The molecule has 1 N–H and O–H groups in total. The van der Waals surface area contributed by atoms with Crippen molar-refractivity contribution in [1.29, 1.82) is 0 Å². The number of anilines is 1. The van der Waals surface area contributed by atoms with E-state index in [0.29, 0.717) is 29.5 Å². The zero-order valence-electron chi connectivity index (χ0n) is 16.0. The second kappa shape index (κ2) is 8.00. The molecule has 0 unspecified atom stereocenters. The average Bonchev–Trinajstić information content (AvgIpc) is 2.70. The van der Waals surface area contributed by atoms with Gasteiger partial charge in [0.25, 0.3) is 11.5 Å². The van der Waals surface area contributed by atoms with E-state index in [1.54, 1.807) is 37.3 Å². The van der Waals surface area contributed by atoms with E-state index in [1.165, 1.54) is 0 Å². The number of aromatic amines is 1. The molecular formula is C22H21N3O3. The Hall–Kier alpha value is -3.54. The van der Waals surface area contributed by atoms with Gasteiger partial charge < -0.3 is 0 Å². The third-order valence-electron chi connectivity index (χ3n) is 4.73. The summed E-state index contributed by atoms with van der Waals surface area (Å²) in [6.07, 6.45) is 0.981. The Morgan fingerprint density at radius 2 is 1.79 bits per heavy atom. The predicted octanol–water partition coefficient (Wildman–Crippen LogP) is 3.36. The number of amides is 2. The fraction of sp³-hybridized carbons (Fsp3) is 0.182. The SMILES string of the molecule is CC(C)=C(C)C(=O)N(C=O)c1cccc(Cc2n[nH]c(=O)c3ccccc23)c1. The zero-order chi connectivity index (χ0) is 20.3. The van der Waals surface area contributed by atoms with Crippen LogP contribution in [0.4, 0.5) is 5.69 Å². The molecule has 0 spiro atoms. The zero-order valence-corrected chi connectivity index (χ0v) is 16.0. The second-order valence-electron chi connectivity index (χ2n) is 6.80. The van der Waals surface area contributed by atoms with Gasteiger partial charge in [-0.25, -0.2) is 10.00 Å². The summed E-state index contributed by atoms with van der Waals surface area (Å²) in [5, 5.41) is 8.07. The van der Waals surface area contributed by atoms with Crippen molar-refractivity contribution in [3.8, 4) is 0 Å². The van der Waals surface area contributed by atoms with Crippen LogP contribution in [0.15, 0.2) is 64.5 Å². The molecule has 2 amide bonds. The highest BCUT2D eigenvalue weighted by Gasteiger charge is 2.18. The molecule has 0 bridgehead atoms. The Labute approximate surface area is 162 Å². The fourth-order valence-corrected chi connectivity index (χ4v) is 2.94. The second-order valence-corrected chi connectivity index (χ2v) is 6.80. The van der Waals surface area contributed by atoms with E-state index in [1.807, 2.05) is 32.0 Å². The maximum Gasteiger partial charge on any atom is 0.272 e. The van der Waals surface area contributed by atoms with Gasteiger partial charge in [0.1, 0.15) is 0 Å². The van der Waals surface area contributed by atoms with E-state index >= 15 is 0 Å². The van der Waals surface area contributed by atoms with Crippen molar-refractivity contribution in [2.75, 3.05) is 4.90 Å². The van der Waals surface area contributed by atoms with Gasteiger partial charge >= 0.3 is 0 Å².